The standard InChI is InChI=1S/C34H26O6/c1-19-13-15-25-27(17-19)29(21-9-5-7-11-23(21)31(25)39-33(35)37-3)30-22-10-6-8-12-24(22)32(40-34(36)38-4)26-16-14-20(2)18-28(26)30/h5-18H,1-4H3. The second kappa shape index (κ2) is 9.89. The van der Waals surface area contributed by atoms with Crippen molar-refractivity contribution in [2.75, 3.05) is 14.2 Å². The van der Waals surface area contributed by atoms with E-state index in [1.54, 1.807) is 0 Å². The fraction of sp³-hybridized carbons (Fsp3) is 0.118. The third kappa shape index (κ3) is 4.05. The van der Waals surface area contributed by atoms with Gasteiger partial charge in [0.05, 0.1) is 14.2 Å². The first-order valence-corrected chi connectivity index (χ1v) is 12.8. The van der Waals surface area contributed by atoms with Crippen molar-refractivity contribution in [1.29, 1.82) is 0 Å². The Labute approximate surface area is 230 Å². The van der Waals surface area contributed by atoms with Crippen molar-refractivity contribution in [3.05, 3.63) is 96.1 Å². The third-order valence-electron chi connectivity index (χ3n) is 7.21. The van der Waals surface area contributed by atoms with Gasteiger partial charge in [0.1, 0.15) is 11.5 Å². The smallest absolute Gasteiger partial charge is 0.437 e. The minimum absolute atomic E-state index is 0.441. The zero-order chi connectivity index (χ0) is 28.0. The minimum atomic E-state index is -0.782. The van der Waals surface area contributed by atoms with Crippen LogP contribution in [0, 0.1) is 13.8 Å². The SMILES string of the molecule is COC(=O)Oc1c2ccccc2c(-c2c3ccccc3c(OC(=O)OC)c3ccc(C)cc23)c2cc(C)ccc12. The average Bonchev–Trinajstić information content (AvgIpc) is 2.97. The van der Waals surface area contributed by atoms with Crippen LogP contribution >= 0.6 is 0 Å². The molecule has 0 spiro atoms. The van der Waals surface area contributed by atoms with E-state index in [4.69, 9.17) is 18.9 Å². The molecule has 0 amide bonds. The summed E-state index contributed by atoms with van der Waals surface area (Å²) in [5.74, 6) is 0.883. The monoisotopic (exact) mass is 530 g/mol. The van der Waals surface area contributed by atoms with Crippen molar-refractivity contribution in [3.63, 3.8) is 0 Å². The fourth-order valence-corrected chi connectivity index (χ4v) is 5.51. The lowest BCUT2D eigenvalue weighted by molar-refractivity contribution is 0.121. The Morgan fingerprint density at radius 1 is 0.475 bits per heavy atom. The van der Waals surface area contributed by atoms with Gasteiger partial charge >= 0.3 is 12.3 Å². The van der Waals surface area contributed by atoms with Crippen molar-refractivity contribution in [1.82, 2.24) is 0 Å². The third-order valence-corrected chi connectivity index (χ3v) is 7.21. The zero-order valence-corrected chi connectivity index (χ0v) is 22.5. The molecule has 0 aliphatic rings. The van der Waals surface area contributed by atoms with Crippen molar-refractivity contribution in [2.45, 2.75) is 13.8 Å². The predicted molar refractivity (Wildman–Crippen MR) is 157 cm³/mol. The summed E-state index contributed by atoms with van der Waals surface area (Å²) in [5, 5.41) is 6.79. The van der Waals surface area contributed by atoms with Crippen LogP contribution in [0.4, 0.5) is 9.59 Å². The Bertz CT molecular complexity index is 1840. The van der Waals surface area contributed by atoms with Crippen LogP contribution in [-0.2, 0) is 9.47 Å². The molecule has 40 heavy (non-hydrogen) atoms. The summed E-state index contributed by atoms with van der Waals surface area (Å²) in [6.45, 7) is 4.07. The minimum Gasteiger partial charge on any atom is -0.437 e. The highest BCUT2D eigenvalue weighted by Gasteiger charge is 2.24. The first kappa shape index (κ1) is 25.2. The summed E-state index contributed by atoms with van der Waals surface area (Å²) in [4.78, 5) is 24.7. The van der Waals surface area contributed by atoms with Gasteiger partial charge in [0.15, 0.2) is 0 Å². The molecule has 0 saturated carbocycles. The number of rotatable bonds is 3. The van der Waals surface area contributed by atoms with Crippen LogP contribution in [0.3, 0.4) is 0 Å². The van der Waals surface area contributed by atoms with Crippen molar-refractivity contribution in [2.24, 2.45) is 0 Å². The van der Waals surface area contributed by atoms with E-state index in [1.165, 1.54) is 14.2 Å². The van der Waals surface area contributed by atoms with E-state index in [2.05, 4.69) is 12.1 Å². The van der Waals surface area contributed by atoms with Gasteiger partial charge < -0.3 is 18.9 Å². The highest BCUT2D eigenvalue weighted by atomic mass is 16.7. The van der Waals surface area contributed by atoms with Gasteiger partial charge in [-0.15, -0.1) is 0 Å². The number of ether oxygens (including phenoxy) is 4. The van der Waals surface area contributed by atoms with Gasteiger partial charge in [0, 0.05) is 21.5 Å². The highest BCUT2D eigenvalue weighted by Crippen LogP contribution is 2.50. The zero-order valence-electron chi connectivity index (χ0n) is 22.5. The van der Waals surface area contributed by atoms with Gasteiger partial charge in [-0.3, -0.25) is 0 Å². The van der Waals surface area contributed by atoms with E-state index in [1.807, 2.05) is 86.6 Å². The highest BCUT2D eigenvalue weighted by molar-refractivity contribution is 6.27. The molecule has 0 aliphatic carbocycles. The van der Waals surface area contributed by atoms with Gasteiger partial charge in [0.2, 0.25) is 0 Å². The second-order valence-electron chi connectivity index (χ2n) is 9.71. The van der Waals surface area contributed by atoms with Crippen LogP contribution in [-0.4, -0.2) is 26.5 Å². The normalized spacial score (nSPS) is 11.2. The molecular weight excluding hydrogens is 504 g/mol. The summed E-state index contributed by atoms with van der Waals surface area (Å²) < 4.78 is 21.2. The summed E-state index contributed by atoms with van der Waals surface area (Å²) in [6, 6.07) is 27.9. The summed E-state index contributed by atoms with van der Waals surface area (Å²) in [6.07, 6.45) is -1.56. The molecule has 6 aromatic carbocycles. The van der Waals surface area contributed by atoms with Gasteiger partial charge in [-0.05, 0) is 46.5 Å². The molecule has 0 saturated heterocycles. The summed E-state index contributed by atoms with van der Waals surface area (Å²) >= 11 is 0. The van der Waals surface area contributed by atoms with Crippen LogP contribution in [0.2, 0.25) is 0 Å². The number of fused-ring (bicyclic) bond motifs is 4. The van der Waals surface area contributed by atoms with E-state index in [0.717, 1.165) is 65.3 Å². The van der Waals surface area contributed by atoms with Crippen molar-refractivity contribution >= 4 is 55.4 Å². The first-order chi connectivity index (χ1) is 19.4. The number of hydrogen-bond acceptors (Lipinski definition) is 6. The van der Waals surface area contributed by atoms with E-state index < -0.39 is 12.3 Å². The molecule has 6 heteroatoms. The molecule has 0 bridgehead atoms. The van der Waals surface area contributed by atoms with Gasteiger partial charge in [-0.1, -0.05) is 96.1 Å². The van der Waals surface area contributed by atoms with Gasteiger partial charge in [-0.25, -0.2) is 9.59 Å². The number of carbonyl (C=O) groups is 2. The van der Waals surface area contributed by atoms with Crippen molar-refractivity contribution in [3.8, 4) is 22.6 Å². The molecule has 0 aliphatic heterocycles. The molecule has 0 atom stereocenters. The van der Waals surface area contributed by atoms with Crippen molar-refractivity contribution < 1.29 is 28.5 Å². The van der Waals surface area contributed by atoms with Crippen LogP contribution in [0.1, 0.15) is 11.1 Å². The Balaban J connectivity index is 1.86. The van der Waals surface area contributed by atoms with Crippen LogP contribution in [0.5, 0.6) is 11.5 Å². The number of aryl methyl sites for hydroxylation is 2. The van der Waals surface area contributed by atoms with Gasteiger partial charge in [-0.2, -0.15) is 0 Å². The second-order valence-corrected chi connectivity index (χ2v) is 9.71. The molecule has 6 rings (SSSR count). The topological polar surface area (TPSA) is 71.1 Å². The Kier molecular flexibility index (Phi) is 6.23. The lowest BCUT2D eigenvalue weighted by Crippen LogP contribution is -2.09. The van der Waals surface area contributed by atoms with E-state index >= 15 is 0 Å². The molecule has 0 N–H and O–H groups in total. The Morgan fingerprint density at radius 2 is 0.825 bits per heavy atom. The van der Waals surface area contributed by atoms with Crippen LogP contribution in [0.25, 0.3) is 54.2 Å². The molecule has 0 radical (unpaired) electrons. The lowest BCUT2D eigenvalue weighted by atomic mass is 9.84. The maximum Gasteiger partial charge on any atom is 0.513 e. The van der Waals surface area contributed by atoms with Gasteiger partial charge in [0.25, 0.3) is 0 Å². The molecule has 0 fully saturated rings. The molecule has 0 unspecified atom stereocenters. The number of benzene rings is 6. The Hall–Kier alpha value is -5.10. The quantitative estimate of drug-likeness (QED) is 0.129. The first-order valence-electron chi connectivity index (χ1n) is 12.8. The fourth-order valence-electron chi connectivity index (χ4n) is 5.51. The molecular formula is C34H26O6. The van der Waals surface area contributed by atoms with Crippen LogP contribution in [0.15, 0.2) is 84.9 Å². The Morgan fingerprint density at radius 3 is 1.20 bits per heavy atom. The maximum absolute atomic E-state index is 12.3. The number of carbonyl (C=O) groups excluding carboxylic acids is 2. The maximum atomic E-state index is 12.3. The number of methoxy groups -OCH3 is 2. The lowest BCUT2D eigenvalue weighted by Gasteiger charge is -2.21. The van der Waals surface area contributed by atoms with Crippen LogP contribution < -0.4 is 9.47 Å². The molecule has 0 heterocycles. The molecule has 0 aromatic heterocycles. The molecule has 6 aromatic rings. The number of hydrogen-bond donors (Lipinski definition) is 0. The largest absolute Gasteiger partial charge is 0.513 e. The predicted octanol–water partition coefficient (Wildman–Crippen LogP) is 8.87. The van der Waals surface area contributed by atoms with E-state index in [-0.39, 0.29) is 0 Å². The molecule has 198 valence electrons. The summed E-state index contributed by atoms with van der Waals surface area (Å²) in [7, 11) is 2.59. The van der Waals surface area contributed by atoms with E-state index in [9.17, 15) is 9.59 Å². The molecule has 6 nitrogen and oxygen atoms in total. The average molecular weight is 531 g/mol. The summed E-state index contributed by atoms with van der Waals surface area (Å²) in [5.41, 5.74) is 4.10. The van der Waals surface area contributed by atoms with E-state index in [0.29, 0.717) is 11.5 Å².